The maximum Gasteiger partial charge on any atom is 0.433 e. The van der Waals surface area contributed by atoms with Gasteiger partial charge in [-0.15, -0.1) is 6.58 Å². The Balaban J connectivity index is 1.57. The first-order valence-electron chi connectivity index (χ1n) is 10.3. The van der Waals surface area contributed by atoms with E-state index in [1.165, 1.54) is 48.5 Å². The van der Waals surface area contributed by atoms with E-state index in [0.717, 1.165) is 16.8 Å². The van der Waals surface area contributed by atoms with E-state index in [4.69, 9.17) is 9.78 Å². The Hall–Kier alpha value is -4.53. The molecule has 36 heavy (non-hydrogen) atoms. The monoisotopic (exact) mass is 501 g/mol. The van der Waals surface area contributed by atoms with Gasteiger partial charge in [0, 0.05) is 11.6 Å². The Morgan fingerprint density at radius 3 is 2.36 bits per heavy atom. The van der Waals surface area contributed by atoms with Gasteiger partial charge in [0.05, 0.1) is 24.6 Å². The first kappa shape index (κ1) is 24.6. The minimum atomic E-state index is -4.70. The largest absolute Gasteiger partial charge is 0.433 e. The average molecular weight is 501 g/mol. The molecule has 12 heteroatoms. The molecule has 184 valence electrons. The van der Waals surface area contributed by atoms with E-state index in [0.29, 0.717) is 16.7 Å². The predicted octanol–water partition coefficient (Wildman–Crippen LogP) is 6.09. The number of alkyl halides is 5. The van der Waals surface area contributed by atoms with E-state index in [1.54, 1.807) is 0 Å². The quantitative estimate of drug-likeness (QED) is 0.215. The third kappa shape index (κ3) is 5.57. The van der Waals surface area contributed by atoms with Crippen LogP contribution in [0.1, 0.15) is 23.2 Å². The summed E-state index contributed by atoms with van der Waals surface area (Å²) in [5.41, 5.74) is 0.0144. The van der Waals surface area contributed by atoms with Crippen LogP contribution in [0.25, 0.3) is 23.0 Å². The molecule has 0 amide bonds. The Labute approximate surface area is 201 Å². The van der Waals surface area contributed by atoms with Gasteiger partial charge in [0.25, 0.3) is 5.89 Å². The van der Waals surface area contributed by atoms with Crippen LogP contribution in [-0.4, -0.2) is 26.0 Å². The number of ether oxygens (including phenoxy) is 1. The van der Waals surface area contributed by atoms with Crippen molar-refractivity contribution in [3.63, 3.8) is 0 Å². The van der Waals surface area contributed by atoms with Crippen molar-refractivity contribution in [2.75, 3.05) is 0 Å². The van der Waals surface area contributed by atoms with Crippen molar-refractivity contribution in [3.05, 3.63) is 84.1 Å². The van der Waals surface area contributed by atoms with Crippen molar-refractivity contribution in [2.24, 2.45) is 0 Å². The maximum atomic E-state index is 13.6. The molecule has 0 unspecified atom stereocenters. The SMILES string of the molecule is C=CCC(F)(F)Oc1ccc(-c2noc(-c3cc(C(F)(F)F)n(Cc4ccc(C#N)cc4)n3)n2)cc1. The van der Waals surface area contributed by atoms with Crippen molar-refractivity contribution >= 4 is 0 Å². The third-order valence-electron chi connectivity index (χ3n) is 4.89. The van der Waals surface area contributed by atoms with Gasteiger partial charge in [-0.3, -0.25) is 4.68 Å². The first-order chi connectivity index (χ1) is 17.1. The molecule has 0 fully saturated rings. The molecule has 0 saturated carbocycles. The fourth-order valence-corrected chi connectivity index (χ4v) is 3.23. The molecule has 2 heterocycles. The lowest BCUT2D eigenvalue weighted by atomic mass is 10.1. The number of hydrogen-bond donors (Lipinski definition) is 0. The van der Waals surface area contributed by atoms with Crippen LogP contribution in [0.15, 0.2) is 71.8 Å². The summed E-state index contributed by atoms with van der Waals surface area (Å²) in [4.78, 5) is 4.09. The van der Waals surface area contributed by atoms with Crippen molar-refractivity contribution in [3.8, 4) is 34.8 Å². The molecule has 0 aliphatic heterocycles. The predicted molar refractivity (Wildman–Crippen MR) is 117 cm³/mol. The number of halogens is 5. The molecule has 0 N–H and O–H groups in total. The summed E-state index contributed by atoms with van der Waals surface area (Å²) >= 11 is 0. The average Bonchev–Trinajstić information content (AvgIpc) is 3.47. The molecule has 0 aliphatic rings. The second-order valence-corrected chi connectivity index (χ2v) is 7.56. The van der Waals surface area contributed by atoms with Crippen LogP contribution >= 0.6 is 0 Å². The summed E-state index contributed by atoms with van der Waals surface area (Å²) in [5, 5.41) is 16.6. The van der Waals surface area contributed by atoms with E-state index in [1.807, 2.05) is 6.07 Å². The minimum Gasteiger partial charge on any atom is -0.432 e. The van der Waals surface area contributed by atoms with Gasteiger partial charge >= 0.3 is 12.3 Å². The van der Waals surface area contributed by atoms with Gasteiger partial charge in [-0.2, -0.15) is 37.3 Å². The maximum absolute atomic E-state index is 13.6. The molecular formula is C24H16F5N5O2. The molecular weight excluding hydrogens is 485 g/mol. The van der Waals surface area contributed by atoms with Crippen LogP contribution in [-0.2, 0) is 12.7 Å². The highest BCUT2D eigenvalue weighted by molar-refractivity contribution is 5.59. The van der Waals surface area contributed by atoms with Gasteiger partial charge in [0.15, 0.2) is 5.69 Å². The van der Waals surface area contributed by atoms with E-state index < -0.39 is 24.4 Å². The van der Waals surface area contributed by atoms with E-state index >= 15 is 0 Å². The van der Waals surface area contributed by atoms with Gasteiger partial charge in [-0.25, -0.2) is 0 Å². The molecule has 0 atom stereocenters. The molecule has 0 radical (unpaired) electrons. The molecule has 7 nitrogen and oxygen atoms in total. The highest BCUT2D eigenvalue weighted by Gasteiger charge is 2.36. The summed E-state index contributed by atoms with van der Waals surface area (Å²) in [7, 11) is 0. The molecule has 2 aromatic carbocycles. The number of hydrogen-bond acceptors (Lipinski definition) is 6. The lowest BCUT2D eigenvalue weighted by Crippen LogP contribution is -2.23. The fourth-order valence-electron chi connectivity index (χ4n) is 3.23. The number of benzene rings is 2. The molecule has 2 aromatic heterocycles. The molecule has 4 aromatic rings. The zero-order chi connectivity index (χ0) is 25.9. The molecule has 4 rings (SSSR count). The summed E-state index contributed by atoms with van der Waals surface area (Å²) in [6.45, 7) is 3.04. The molecule has 0 aliphatic carbocycles. The van der Waals surface area contributed by atoms with Crippen LogP contribution in [0.3, 0.4) is 0 Å². The Kier molecular flexibility index (Phi) is 6.57. The van der Waals surface area contributed by atoms with Gasteiger partial charge in [0.2, 0.25) is 5.82 Å². The van der Waals surface area contributed by atoms with Gasteiger partial charge in [0.1, 0.15) is 11.4 Å². The highest BCUT2D eigenvalue weighted by Crippen LogP contribution is 2.33. The van der Waals surface area contributed by atoms with Gasteiger partial charge < -0.3 is 9.26 Å². The van der Waals surface area contributed by atoms with Crippen molar-refractivity contribution in [1.82, 2.24) is 19.9 Å². The van der Waals surface area contributed by atoms with E-state index in [-0.39, 0.29) is 29.7 Å². The number of aromatic nitrogens is 4. The standard InChI is InChI=1S/C24H16F5N5O2/c1-2-11-23(25,26)35-18-9-7-17(8-10-18)21-31-22(36-33-21)19-12-20(24(27,28)29)34(32-19)14-16-5-3-15(13-30)4-6-16/h2-10,12H,1,11,14H2. The number of rotatable bonds is 8. The minimum absolute atomic E-state index is 0.0182. The lowest BCUT2D eigenvalue weighted by Gasteiger charge is -2.16. The van der Waals surface area contributed by atoms with Crippen LogP contribution in [0.2, 0.25) is 0 Å². The summed E-state index contributed by atoms with van der Waals surface area (Å²) in [6, 6.07) is 14.1. The van der Waals surface area contributed by atoms with Gasteiger partial charge in [-0.05, 0) is 42.0 Å². The third-order valence-corrected chi connectivity index (χ3v) is 4.89. The second-order valence-electron chi connectivity index (χ2n) is 7.56. The molecule has 0 spiro atoms. The van der Waals surface area contributed by atoms with E-state index in [9.17, 15) is 22.0 Å². The Morgan fingerprint density at radius 1 is 1.06 bits per heavy atom. The number of nitriles is 1. The van der Waals surface area contributed by atoms with Crippen LogP contribution < -0.4 is 4.74 Å². The molecule has 0 saturated heterocycles. The summed E-state index contributed by atoms with van der Waals surface area (Å²) < 4.78 is 78.5. The smallest absolute Gasteiger partial charge is 0.432 e. The topological polar surface area (TPSA) is 89.8 Å². The molecule has 0 bridgehead atoms. The zero-order valence-electron chi connectivity index (χ0n) is 18.3. The summed E-state index contributed by atoms with van der Waals surface area (Å²) in [5.74, 6) is -0.345. The second kappa shape index (κ2) is 9.61. The van der Waals surface area contributed by atoms with Gasteiger partial charge in [-0.1, -0.05) is 23.4 Å². The van der Waals surface area contributed by atoms with Crippen LogP contribution in [0, 0.1) is 11.3 Å². The van der Waals surface area contributed by atoms with Crippen molar-refractivity contribution in [2.45, 2.75) is 25.3 Å². The van der Waals surface area contributed by atoms with E-state index in [2.05, 4.69) is 26.6 Å². The van der Waals surface area contributed by atoms with Crippen LogP contribution in [0.5, 0.6) is 5.75 Å². The number of nitrogens with zero attached hydrogens (tertiary/aromatic N) is 5. The highest BCUT2D eigenvalue weighted by atomic mass is 19.4. The Bertz CT molecular complexity index is 1400. The normalized spacial score (nSPS) is 11.8. The van der Waals surface area contributed by atoms with Crippen molar-refractivity contribution < 1.29 is 31.2 Å². The first-order valence-corrected chi connectivity index (χ1v) is 10.3. The summed E-state index contributed by atoms with van der Waals surface area (Å²) in [6.07, 6.45) is -7.76. The van der Waals surface area contributed by atoms with Crippen molar-refractivity contribution in [1.29, 1.82) is 5.26 Å². The fraction of sp³-hybridized carbons (Fsp3) is 0.167. The Morgan fingerprint density at radius 2 is 1.75 bits per heavy atom. The zero-order valence-corrected chi connectivity index (χ0v) is 18.3. The lowest BCUT2D eigenvalue weighted by molar-refractivity contribution is -0.172. The van der Waals surface area contributed by atoms with Crippen LogP contribution in [0.4, 0.5) is 22.0 Å².